The highest BCUT2D eigenvalue weighted by Gasteiger charge is 2.50. The molecule has 0 aliphatic carbocycles. The fourth-order valence-electron chi connectivity index (χ4n) is 1.82. The Morgan fingerprint density at radius 3 is 1.37 bits per heavy atom. The zero-order valence-corrected chi connectivity index (χ0v) is 18.9. The lowest BCUT2D eigenvalue weighted by atomic mass is 10.1. The molecule has 0 fully saturated rings. The summed E-state index contributed by atoms with van der Waals surface area (Å²) >= 11 is 0. The van der Waals surface area contributed by atoms with Gasteiger partial charge in [-0.05, 0) is 27.7 Å². The van der Waals surface area contributed by atoms with Crippen LogP contribution in [0.25, 0.3) is 0 Å². The molecule has 11 nitrogen and oxygen atoms in total. The summed E-state index contributed by atoms with van der Waals surface area (Å²) in [7, 11) is -2.43. The lowest BCUT2D eigenvalue weighted by Crippen LogP contribution is -2.33. The van der Waals surface area contributed by atoms with Gasteiger partial charge in [0.25, 0.3) is 0 Å². The van der Waals surface area contributed by atoms with Crippen LogP contribution in [0.5, 0.6) is 0 Å². The monoisotopic (exact) mass is 466 g/mol. The molecule has 0 rings (SSSR count). The first-order valence-corrected chi connectivity index (χ1v) is 10.1. The smallest absolute Gasteiger partial charge is 0.426 e. The number of methoxy groups -OCH3 is 2. The molecule has 0 atom stereocenters. The number of rotatable bonds is 13. The molecule has 178 valence electrons. The normalized spacial score (nSPS) is 13.0. The van der Waals surface area contributed by atoms with Gasteiger partial charge in [0, 0.05) is 21.1 Å². The van der Waals surface area contributed by atoms with E-state index in [1.807, 2.05) is 0 Å². The Balaban J connectivity index is 4.68. The van der Waals surface area contributed by atoms with E-state index in [4.69, 9.17) is 18.9 Å². The number of hydrogen-bond acceptors (Lipinski definition) is 11. The third-order valence-electron chi connectivity index (χ3n) is 2.98. The molecule has 0 aliphatic heterocycles. The van der Waals surface area contributed by atoms with Crippen LogP contribution in [0.4, 0.5) is 18.4 Å². The summed E-state index contributed by atoms with van der Waals surface area (Å²) in [6, 6.07) is 0. The average Bonchev–Trinajstić information content (AvgIpc) is 2.52. The molecule has 0 spiro atoms. The Morgan fingerprint density at radius 1 is 0.767 bits per heavy atom. The summed E-state index contributed by atoms with van der Waals surface area (Å²) in [6.07, 6.45) is -2.55. The maximum absolute atomic E-state index is 13.7. The van der Waals surface area contributed by atoms with Gasteiger partial charge in [0.05, 0.1) is 13.2 Å². The van der Waals surface area contributed by atoms with Gasteiger partial charge in [-0.2, -0.15) is 8.78 Å². The van der Waals surface area contributed by atoms with Gasteiger partial charge in [0.15, 0.2) is 0 Å². The van der Waals surface area contributed by atoms with Crippen LogP contribution in [0.1, 0.15) is 34.6 Å². The van der Waals surface area contributed by atoms with Crippen LogP contribution in [0.15, 0.2) is 0 Å². The molecule has 0 heterocycles. The summed E-state index contributed by atoms with van der Waals surface area (Å²) in [4.78, 5) is 23.1. The van der Waals surface area contributed by atoms with E-state index in [-0.39, 0.29) is 20.1 Å². The van der Waals surface area contributed by atoms with E-state index >= 15 is 0 Å². The third kappa shape index (κ3) is 11.0. The summed E-state index contributed by atoms with van der Waals surface area (Å²) in [5.41, 5.74) is -6.13. The highest BCUT2D eigenvalue weighted by atomic mass is 31.2. The van der Waals surface area contributed by atoms with Gasteiger partial charge >= 0.3 is 25.6 Å². The Bertz CT molecular complexity index is 562. The van der Waals surface area contributed by atoms with Gasteiger partial charge in [-0.3, -0.25) is 13.6 Å². The number of halogens is 2. The molecule has 0 N–H and O–H groups in total. The first kappa shape index (κ1) is 28.5. The highest BCUT2D eigenvalue weighted by Crippen LogP contribution is 2.61. The molecule has 0 aromatic carbocycles. The van der Waals surface area contributed by atoms with Crippen molar-refractivity contribution in [2.24, 2.45) is 0 Å². The second-order valence-electron chi connectivity index (χ2n) is 7.21. The summed E-state index contributed by atoms with van der Waals surface area (Å²) in [5, 5.41) is 0. The van der Waals surface area contributed by atoms with Crippen LogP contribution in [0, 0.1) is 0 Å². The minimum absolute atomic E-state index is 0.0339. The summed E-state index contributed by atoms with van der Waals surface area (Å²) in [6.45, 7) is 4.02. The standard InChI is InChI=1S/C16H29F2O11P/c1-14(2,8-22-6)28-12(19)24-10-26-30(21,16(5,17)18)27-11-25-13(20)29-15(3,4)9-23-7/h8-11H2,1-7H3. The molecule has 0 saturated carbocycles. The molecule has 0 aliphatic rings. The Hall–Kier alpha value is -1.53. The quantitative estimate of drug-likeness (QED) is 0.223. The van der Waals surface area contributed by atoms with Gasteiger partial charge in [0.2, 0.25) is 13.6 Å². The van der Waals surface area contributed by atoms with Gasteiger partial charge in [-0.15, -0.1) is 0 Å². The predicted octanol–water partition coefficient (Wildman–Crippen LogP) is 3.90. The maximum Gasteiger partial charge on any atom is 0.511 e. The van der Waals surface area contributed by atoms with Crippen molar-refractivity contribution in [3.05, 3.63) is 0 Å². The lowest BCUT2D eigenvalue weighted by Gasteiger charge is -2.25. The van der Waals surface area contributed by atoms with Crippen molar-refractivity contribution in [3.8, 4) is 0 Å². The molecular formula is C16H29F2O11P. The van der Waals surface area contributed by atoms with Crippen LogP contribution in [0.3, 0.4) is 0 Å². The number of carbonyl (C=O) groups excluding carboxylic acids is 2. The van der Waals surface area contributed by atoms with Gasteiger partial charge in [-0.1, -0.05) is 0 Å². The first-order chi connectivity index (χ1) is 13.6. The average molecular weight is 466 g/mol. The minimum atomic E-state index is -5.19. The zero-order valence-electron chi connectivity index (χ0n) is 18.0. The molecule has 30 heavy (non-hydrogen) atoms. The zero-order chi connectivity index (χ0) is 23.6. The highest BCUT2D eigenvalue weighted by molar-refractivity contribution is 7.55. The Kier molecular flexibility index (Phi) is 11.2. The lowest BCUT2D eigenvalue weighted by molar-refractivity contribution is -0.0833. The van der Waals surface area contributed by atoms with E-state index in [1.54, 1.807) is 0 Å². The Morgan fingerprint density at radius 2 is 1.10 bits per heavy atom. The van der Waals surface area contributed by atoms with Crippen molar-refractivity contribution in [1.29, 1.82) is 0 Å². The topological polar surface area (TPSA) is 125 Å². The summed E-state index contributed by atoms with van der Waals surface area (Å²) in [5.74, 6) is 0. The SMILES string of the molecule is COCC(C)(C)OC(=O)OCOP(=O)(OCOC(=O)OC(C)(C)COC)C(C)(F)F. The van der Waals surface area contributed by atoms with Crippen molar-refractivity contribution in [1.82, 2.24) is 0 Å². The number of alkyl halides is 2. The Labute approximate surface area is 173 Å². The second kappa shape index (κ2) is 11.8. The van der Waals surface area contributed by atoms with Gasteiger partial charge < -0.3 is 28.4 Å². The molecule has 0 amide bonds. The predicted molar refractivity (Wildman–Crippen MR) is 97.2 cm³/mol. The molecule has 0 unspecified atom stereocenters. The molecule has 14 heteroatoms. The largest absolute Gasteiger partial charge is 0.511 e. The molecule has 0 radical (unpaired) electrons. The van der Waals surface area contributed by atoms with Crippen LogP contribution in [-0.2, 0) is 42.0 Å². The fourth-order valence-corrected chi connectivity index (χ4v) is 2.73. The van der Waals surface area contributed by atoms with Gasteiger partial charge in [0.1, 0.15) is 11.2 Å². The van der Waals surface area contributed by atoms with E-state index < -0.39 is 50.4 Å². The van der Waals surface area contributed by atoms with Crippen molar-refractivity contribution in [2.75, 3.05) is 41.0 Å². The molecular weight excluding hydrogens is 437 g/mol. The molecule has 0 saturated heterocycles. The molecule has 0 aromatic heterocycles. The van der Waals surface area contributed by atoms with Crippen LogP contribution >= 0.6 is 7.60 Å². The van der Waals surface area contributed by atoms with Crippen LogP contribution < -0.4 is 0 Å². The van der Waals surface area contributed by atoms with Crippen molar-refractivity contribution >= 4 is 19.9 Å². The van der Waals surface area contributed by atoms with Crippen molar-refractivity contribution < 1.29 is 60.4 Å². The molecule has 0 bridgehead atoms. The van der Waals surface area contributed by atoms with Gasteiger partial charge in [-0.25, -0.2) is 9.59 Å². The van der Waals surface area contributed by atoms with Crippen LogP contribution in [0.2, 0.25) is 0 Å². The third-order valence-corrected chi connectivity index (χ3v) is 4.84. The first-order valence-electron chi connectivity index (χ1n) is 8.54. The number of hydrogen-bond donors (Lipinski definition) is 0. The van der Waals surface area contributed by atoms with E-state index in [9.17, 15) is 22.9 Å². The minimum Gasteiger partial charge on any atom is -0.426 e. The molecule has 0 aromatic rings. The second-order valence-corrected chi connectivity index (χ2v) is 9.51. The summed E-state index contributed by atoms with van der Waals surface area (Å²) < 4.78 is 76.8. The van der Waals surface area contributed by atoms with Crippen molar-refractivity contribution in [3.63, 3.8) is 0 Å². The van der Waals surface area contributed by atoms with E-state index in [0.29, 0.717) is 0 Å². The van der Waals surface area contributed by atoms with E-state index in [2.05, 4.69) is 18.5 Å². The van der Waals surface area contributed by atoms with E-state index in [1.165, 1.54) is 41.9 Å². The number of carbonyl (C=O) groups is 2. The van der Waals surface area contributed by atoms with E-state index in [0.717, 1.165) is 0 Å². The maximum atomic E-state index is 13.7. The fraction of sp³-hybridized carbons (Fsp3) is 0.875. The van der Waals surface area contributed by atoms with Crippen molar-refractivity contribution in [2.45, 2.75) is 51.5 Å². The van der Waals surface area contributed by atoms with Crippen LogP contribution in [-0.4, -0.2) is 70.2 Å². The number of ether oxygens (including phenoxy) is 6.